The Hall–Kier alpha value is -1.04. The van der Waals surface area contributed by atoms with E-state index in [0.717, 1.165) is 0 Å². The fraction of sp³-hybridized carbons (Fsp3) is 0.467. The smallest absolute Gasteiger partial charge is 0.00577 e. The summed E-state index contributed by atoms with van der Waals surface area (Å²) in [6.07, 6.45) is 7.26. The molecule has 0 aromatic heterocycles. The van der Waals surface area contributed by atoms with Gasteiger partial charge in [-0.2, -0.15) is 0 Å². The van der Waals surface area contributed by atoms with Crippen LogP contribution in [-0.2, 0) is 12.8 Å². The van der Waals surface area contributed by atoms with Crippen molar-refractivity contribution >= 4 is 6.08 Å². The summed E-state index contributed by atoms with van der Waals surface area (Å²) in [5, 5.41) is 0. The lowest BCUT2D eigenvalue weighted by atomic mass is 9.97. The molecule has 0 atom stereocenters. The molecular formula is C15H20. The van der Waals surface area contributed by atoms with E-state index in [9.17, 15) is 0 Å². The number of aryl methyl sites for hydroxylation is 2. The number of allylic oxidation sites excluding steroid dienone is 1. The zero-order valence-electron chi connectivity index (χ0n) is 10.1. The average molecular weight is 200 g/mol. The van der Waals surface area contributed by atoms with Crippen LogP contribution in [0.25, 0.3) is 6.08 Å². The third-order valence-electron chi connectivity index (χ3n) is 3.24. The van der Waals surface area contributed by atoms with Gasteiger partial charge >= 0.3 is 0 Å². The van der Waals surface area contributed by atoms with Crippen LogP contribution in [0.4, 0.5) is 0 Å². The monoisotopic (exact) mass is 200 g/mol. The maximum absolute atomic E-state index is 2.42. The Kier molecular flexibility index (Phi) is 2.95. The molecule has 0 nitrogen and oxygen atoms in total. The van der Waals surface area contributed by atoms with E-state index in [2.05, 4.69) is 39.0 Å². The van der Waals surface area contributed by atoms with Crippen LogP contribution in [0.3, 0.4) is 0 Å². The quantitative estimate of drug-likeness (QED) is 0.682. The highest BCUT2D eigenvalue weighted by Crippen LogP contribution is 2.31. The SMILES string of the molecule is CCCc1cc(C)cc2c1C=C(CC)C2. The van der Waals surface area contributed by atoms with Crippen molar-refractivity contribution in [3.63, 3.8) is 0 Å². The Morgan fingerprint density at radius 2 is 2.00 bits per heavy atom. The minimum atomic E-state index is 1.18. The third kappa shape index (κ3) is 1.99. The van der Waals surface area contributed by atoms with Crippen molar-refractivity contribution in [3.05, 3.63) is 40.0 Å². The number of fused-ring (bicyclic) bond motifs is 1. The summed E-state index contributed by atoms with van der Waals surface area (Å²) in [5.74, 6) is 0. The van der Waals surface area contributed by atoms with Crippen LogP contribution in [0, 0.1) is 6.92 Å². The molecule has 0 saturated heterocycles. The van der Waals surface area contributed by atoms with Gasteiger partial charge in [-0.1, -0.05) is 49.6 Å². The molecule has 0 radical (unpaired) electrons. The van der Waals surface area contributed by atoms with Crippen LogP contribution >= 0.6 is 0 Å². The van der Waals surface area contributed by atoms with Crippen molar-refractivity contribution < 1.29 is 0 Å². The lowest BCUT2D eigenvalue weighted by Gasteiger charge is -2.08. The van der Waals surface area contributed by atoms with Gasteiger partial charge in [0.05, 0.1) is 0 Å². The molecule has 0 heteroatoms. The van der Waals surface area contributed by atoms with Crippen LogP contribution in [-0.4, -0.2) is 0 Å². The topological polar surface area (TPSA) is 0 Å². The van der Waals surface area contributed by atoms with Gasteiger partial charge in [0.15, 0.2) is 0 Å². The maximum Gasteiger partial charge on any atom is -0.00577 e. The third-order valence-corrected chi connectivity index (χ3v) is 3.24. The van der Waals surface area contributed by atoms with Gasteiger partial charge in [-0.3, -0.25) is 0 Å². The Morgan fingerprint density at radius 1 is 1.20 bits per heavy atom. The van der Waals surface area contributed by atoms with Crippen molar-refractivity contribution in [1.29, 1.82) is 0 Å². The fourth-order valence-electron chi connectivity index (χ4n) is 2.49. The molecule has 0 N–H and O–H groups in total. The Balaban J connectivity index is 2.43. The number of benzene rings is 1. The van der Waals surface area contributed by atoms with Gasteiger partial charge in [0, 0.05) is 0 Å². The maximum atomic E-state index is 2.42. The molecule has 1 aromatic rings. The van der Waals surface area contributed by atoms with Gasteiger partial charge in [0.1, 0.15) is 0 Å². The molecule has 1 aromatic carbocycles. The summed E-state index contributed by atoms with van der Waals surface area (Å²) in [4.78, 5) is 0. The molecule has 0 fully saturated rings. The summed E-state index contributed by atoms with van der Waals surface area (Å²) < 4.78 is 0. The predicted molar refractivity (Wildman–Crippen MR) is 67.1 cm³/mol. The summed E-state index contributed by atoms with van der Waals surface area (Å²) >= 11 is 0. The van der Waals surface area contributed by atoms with Crippen molar-refractivity contribution in [2.75, 3.05) is 0 Å². The normalized spacial score (nSPS) is 13.9. The van der Waals surface area contributed by atoms with Gasteiger partial charge in [-0.25, -0.2) is 0 Å². The first-order valence-electron chi connectivity index (χ1n) is 6.06. The van der Waals surface area contributed by atoms with Gasteiger partial charge in [-0.15, -0.1) is 0 Å². The highest BCUT2D eigenvalue weighted by atomic mass is 14.2. The molecule has 2 rings (SSSR count). The molecule has 1 aliphatic rings. The van der Waals surface area contributed by atoms with Gasteiger partial charge in [0.25, 0.3) is 0 Å². The van der Waals surface area contributed by atoms with E-state index >= 15 is 0 Å². The zero-order valence-corrected chi connectivity index (χ0v) is 10.1. The van der Waals surface area contributed by atoms with Crippen molar-refractivity contribution in [3.8, 4) is 0 Å². The van der Waals surface area contributed by atoms with Crippen molar-refractivity contribution in [2.24, 2.45) is 0 Å². The molecule has 0 heterocycles. The molecule has 0 bridgehead atoms. The minimum Gasteiger partial charge on any atom is -0.0655 e. The predicted octanol–water partition coefficient (Wildman–Crippen LogP) is 4.30. The van der Waals surface area contributed by atoms with E-state index in [1.807, 2.05) is 0 Å². The molecule has 0 unspecified atom stereocenters. The number of hydrogen-bond donors (Lipinski definition) is 0. The van der Waals surface area contributed by atoms with E-state index in [-0.39, 0.29) is 0 Å². The molecule has 0 saturated carbocycles. The number of hydrogen-bond acceptors (Lipinski definition) is 0. The fourth-order valence-corrected chi connectivity index (χ4v) is 2.49. The lowest BCUT2D eigenvalue weighted by molar-refractivity contribution is 0.915. The average Bonchev–Trinajstić information content (AvgIpc) is 2.61. The molecule has 80 valence electrons. The molecule has 0 spiro atoms. The lowest BCUT2D eigenvalue weighted by Crippen LogP contribution is -1.93. The highest BCUT2D eigenvalue weighted by Gasteiger charge is 2.14. The summed E-state index contributed by atoms with van der Waals surface area (Å²) in [5.41, 5.74) is 7.64. The molecule has 1 aliphatic carbocycles. The Bertz CT molecular complexity index is 397. The van der Waals surface area contributed by atoms with Crippen molar-refractivity contribution in [2.45, 2.75) is 46.5 Å². The van der Waals surface area contributed by atoms with Crippen LogP contribution in [0.1, 0.15) is 48.9 Å². The first-order valence-corrected chi connectivity index (χ1v) is 6.06. The summed E-state index contributed by atoms with van der Waals surface area (Å²) in [7, 11) is 0. The zero-order chi connectivity index (χ0) is 10.8. The van der Waals surface area contributed by atoms with Crippen molar-refractivity contribution in [1.82, 2.24) is 0 Å². The van der Waals surface area contributed by atoms with E-state index < -0.39 is 0 Å². The number of rotatable bonds is 3. The standard InChI is InChI=1S/C15H20/c1-4-6-13-7-11(3)8-14-9-12(5-2)10-15(13)14/h7-8,10H,4-6,9H2,1-3H3. The summed E-state index contributed by atoms with van der Waals surface area (Å²) in [6, 6.07) is 4.71. The van der Waals surface area contributed by atoms with Crippen LogP contribution in [0.5, 0.6) is 0 Å². The first-order chi connectivity index (χ1) is 7.24. The molecule has 15 heavy (non-hydrogen) atoms. The minimum absolute atomic E-state index is 1.18. The Morgan fingerprint density at radius 3 is 2.67 bits per heavy atom. The van der Waals surface area contributed by atoms with E-state index in [1.54, 1.807) is 16.7 Å². The van der Waals surface area contributed by atoms with Crippen LogP contribution in [0.15, 0.2) is 17.7 Å². The van der Waals surface area contributed by atoms with Crippen LogP contribution < -0.4 is 0 Å². The molecular weight excluding hydrogens is 180 g/mol. The van der Waals surface area contributed by atoms with Gasteiger partial charge in [-0.05, 0) is 42.9 Å². The summed E-state index contributed by atoms with van der Waals surface area (Å²) in [6.45, 7) is 6.72. The second-order valence-corrected chi connectivity index (χ2v) is 4.58. The Labute approximate surface area is 93.0 Å². The second kappa shape index (κ2) is 4.22. The van der Waals surface area contributed by atoms with Crippen LogP contribution in [0.2, 0.25) is 0 Å². The molecule has 0 amide bonds. The van der Waals surface area contributed by atoms with Gasteiger partial charge < -0.3 is 0 Å². The molecule has 0 aliphatic heterocycles. The van der Waals surface area contributed by atoms with E-state index in [4.69, 9.17) is 0 Å². The van der Waals surface area contributed by atoms with E-state index in [1.165, 1.54) is 36.8 Å². The first kappa shape index (κ1) is 10.5. The van der Waals surface area contributed by atoms with Gasteiger partial charge in [0.2, 0.25) is 0 Å². The highest BCUT2D eigenvalue weighted by molar-refractivity contribution is 5.67. The van der Waals surface area contributed by atoms with E-state index in [0.29, 0.717) is 0 Å². The second-order valence-electron chi connectivity index (χ2n) is 4.58. The largest absolute Gasteiger partial charge is 0.0655 e.